The highest BCUT2D eigenvalue weighted by Crippen LogP contribution is 2.19. The molecule has 0 saturated heterocycles. The third kappa shape index (κ3) is 4.91. The maximum absolute atomic E-state index is 12.3. The third-order valence-corrected chi connectivity index (χ3v) is 4.70. The first-order valence-electron chi connectivity index (χ1n) is 8.67. The van der Waals surface area contributed by atoms with Gasteiger partial charge in [0.25, 0.3) is 0 Å². The lowest BCUT2D eigenvalue weighted by molar-refractivity contribution is -0.139. The number of fused-ring (bicyclic) bond motifs is 1. The zero-order valence-electron chi connectivity index (χ0n) is 15.5. The Labute approximate surface area is 170 Å². The minimum atomic E-state index is -0.614. The molecule has 3 aromatic rings. The van der Waals surface area contributed by atoms with E-state index in [0.29, 0.717) is 5.56 Å². The molecule has 0 aliphatic carbocycles. The fraction of sp³-hybridized carbons (Fsp3) is 0.211. The van der Waals surface area contributed by atoms with E-state index in [4.69, 9.17) is 15.2 Å². The normalized spacial score (nSPS) is 10.7. The van der Waals surface area contributed by atoms with E-state index in [-0.39, 0.29) is 41.3 Å². The zero-order chi connectivity index (χ0) is 20.8. The number of esters is 2. The first kappa shape index (κ1) is 20.3. The van der Waals surface area contributed by atoms with Gasteiger partial charge in [-0.3, -0.25) is 9.59 Å². The number of para-hydroxylation sites is 1. The molecule has 0 atom stereocenters. The number of aromatic nitrogens is 3. The van der Waals surface area contributed by atoms with Gasteiger partial charge in [0.1, 0.15) is 11.4 Å². The minimum absolute atomic E-state index is 0.0381. The number of nitrogens with one attached hydrogen (secondary N) is 1. The average molecular weight is 414 g/mol. The number of hydrogen-bond donors (Lipinski definition) is 2. The van der Waals surface area contributed by atoms with Crippen molar-refractivity contribution in [3.63, 3.8) is 0 Å². The van der Waals surface area contributed by atoms with E-state index < -0.39 is 11.9 Å². The van der Waals surface area contributed by atoms with Gasteiger partial charge in [-0.1, -0.05) is 30.0 Å². The van der Waals surface area contributed by atoms with E-state index >= 15 is 0 Å². The maximum Gasteiger partial charge on any atom is 0.343 e. The average Bonchev–Trinajstić information content (AvgIpc) is 3.15. The van der Waals surface area contributed by atoms with Crippen molar-refractivity contribution in [3.05, 3.63) is 47.8 Å². The van der Waals surface area contributed by atoms with Gasteiger partial charge in [-0.2, -0.15) is 0 Å². The second-order valence-corrected chi connectivity index (χ2v) is 6.73. The van der Waals surface area contributed by atoms with Crippen LogP contribution in [0.25, 0.3) is 10.9 Å². The number of nitrogens with zero attached hydrogens (tertiary/aromatic N) is 2. The Bertz CT molecular complexity index is 1070. The number of rotatable bonds is 8. The van der Waals surface area contributed by atoms with Crippen LogP contribution in [0.4, 0.5) is 5.82 Å². The van der Waals surface area contributed by atoms with E-state index in [9.17, 15) is 14.4 Å². The van der Waals surface area contributed by atoms with Crippen LogP contribution in [0.1, 0.15) is 27.6 Å². The Morgan fingerprint density at radius 3 is 2.72 bits per heavy atom. The number of ether oxygens (including phenoxy) is 2. The molecule has 3 rings (SSSR count). The standard InChI is InChI=1S/C19H18N4O5S/c1-2-27-18(26)13-8-22-19(23-17(13)20)29-10-16(25)28-9-15(24)12-7-21-14-6-4-3-5-11(12)14/h3-8,21H,2,9-10H2,1H3,(H2,20,22,23). The molecule has 10 heteroatoms. The van der Waals surface area contributed by atoms with Crippen LogP contribution in [0, 0.1) is 0 Å². The summed E-state index contributed by atoms with van der Waals surface area (Å²) in [5.41, 5.74) is 7.08. The van der Waals surface area contributed by atoms with Gasteiger partial charge in [-0.05, 0) is 13.0 Å². The molecule has 0 spiro atoms. The molecule has 150 valence electrons. The SMILES string of the molecule is CCOC(=O)c1cnc(SCC(=O)OCC(=O)c2c[nH]c3ccccc23)nc1N. The molecule has 0 amide bonds. The molecule has 2 heterocycles. The van der Waals surface area contributed by atoms with Crippen LogP contribution in [-0.4, -0.2) is 51.6 Å². The molecule has 0 aliphatic rings. The number of thioether (sulfide) groups is 1. The zero-order valence-corrected chi connectivity index (χ0v) is 16.3. The van der Waals surface area contributed by atoms with Gasteiger partial charge in [0, 0.05) is 28.9 Å². The van der Waals surface area contributed by atoms with Gasteiger partial charge < -0.3 is 20.2 Å². The number of anilines is 1. The van der Waals surface area contributed by atoms with E-state index in [1.165, 1.54) is 6.20 Å². The molecule has 1 aromatic carbocycles. The second-order valence-electron chi connectivity index (χ2n) is 5.79. The summed E-state index contributed by atoms with van der Waals surface area (Å²) in [5, 5.41) is 0.976. The van der Waals surface area contributed by atoms with E-state index in [1.807, 2.05) is 24.3 Å². The van der Waals surface area contributed by atoms with E-state index in [1.54, 1.807) is 13.1 Å². The fourth-order valence-corrected chi connectivity index (χ4v) is 3.13. The van der Waals surface area contributed by atoms with Crippen LogP contribution in [0.2, 0.25) is 0 Å². The number of H-pyrrole nitrogens is 1. The smallest absolute Gasteiger partial charge is 0.343 e. The molecule has 0 aliphatic heterocycles. The van der Waals surface area contributed by atoms with Crippen LogP contribution in [0.5, 0.6) is 0 Å². The van der Waals surface area contributed by atoms with Crippen LogP contribution in [0.15, 0.2) is 41.8 Å². The van der Waals surface area contributed by atoms with Crippen molar-refractivity contribution in [2.45, 2.75) is 12.1 Å². The van der Waals surface area contributed by atoms with Gasteiger partial charge in [0.15, 0.2) is 11.8 Å². The molecule has 0 radical (unpaired) electrons. The van der Waals surface area contributed by atoms with Crippen LogP contribution in [0.3, 0.4) is 0 Å². The monoisotopic (exact) mass is 414 g/mol. The highest BCUT2D eigenvalue weighted by Gasteiger charge is 2.16. The molecular formula is C19H18N4O5S. The van der Waals surface area contributed by atoms with Crippen LogP contribution >= 0.6 is 11.8 Å². The van der Waals surface area contributed by atoms with Gasteiger partial charge in [-0.15, -0.1) is 0 Å². The Hall–Kier alpha value is -3.40. The number of carbonyl (C=O) groups is 3. The van der Waals surface area contributed by atoms with Crippen LogP contribution < -0.4 is 5.73 Å². The molecule has 0 saturated carbocycles. The van der Waals surface area contributed by atoms with Crippen molar-refractivity contribution >= 4 is 46.2 Å². The fourth-order valence-electron chi connectivity index (χ4n) is 2.50. The predicted octanol–water partition coefficient (Wildman–Crippen LogP) is 2.23. The number of benzene rings is 1. The summed E-state index contributed by atoms with van der Waals surface area (Å²) < 4.78 is 9.88. The molecular weight excluding hydrogens is 396 g/mol. The van der Waals surface area contributed by atoms with Gasteiger partial charge in [0.05, 0.1) is 12.4 Å². The number of carbonyl (C=O) groups excluding carboxylic acids is 3. The molecule has 2 aromatic heterocycles. The number of ketones is 1. The summed E-state index contributed by atoms with van der Waals surface area (Å²) in [6.45, 7) is 1.51. The quantitative estimate of drug-likeness (QED) is 0.246. The van der Waals surface area contributed by atoms with Crippen molar-refractivity contribution in [1.29, 1.82) is 0 Å². The summed E-state index contributed by atoms with van der Waals surface area (Å²) >= 11 is 0.982. The van der Waals surface area contributed by atoms with Crippen molar-refractivity contribution < 1.29 is 23.9 Å². The first-order valence-corrected chi connectivity index (χ1v) is 9.65. The van der Waals surface area contributed by atoms with Crippen molar-refractivity contribution in [1.82, 2.24) is 15.0 Å². The van der Waals surface area contributed by atoms with Crippen molar-refractivity contribution in [2.24, 2.45) is 0 Å². The Morgan fingerprint density at radius 2 is 1.97 bits per heavy atom. The van der Waals surface area contributed by atoms with Gasteiger partial charge in [0.2, 0.25) is 5.78 Å². The Balaban J connectivity index is 1.52. The first-order chi connectivity index (χ1) is 14.0. The molecule has 0 bridgehead atoms. The summed E-state index contributed by atoms with van der Waals surface area (Å²) in [5.74, 6) is -1.67. The Kier molecular flexibility index (Phi) is 6.45. The number of nitrogens with two attached hydrogens (primary N) is 1. The minimum Gasteiger partial charge on any atom is -0.462 e. The number of Topliss-reactive ketones (excluding diaryl/α,β-unsaturated/α-hetero) is 1. The lowest BCUT2D eigenvalue weighted by Crippen LogP contribution is -2.15. The Morgan fingerprint density at radius 1 is 1.17 bits per heavy atom. The molecule has 3 N–H and O–H groups in total. The second kappa shape index (κ2) is 9.20. The number of nitrogen functional groups attached to an aromatic ring is 1. The molecule has 29 heavy (non-hydrogen) atoms. The molecule has 9 nitrogen and oxygen atoms in total. The number of aromatic amines is 1. The summed E-state index contributed by atoms with van der Waals surface area (Å²) in [4.78, 5) is 46.9. The summed E-state index contributed by atoms with van der Waals surface area (Å²) in [6.07, 6.45) is 2.84. The topological polar surface area (TPSA) is 137 Å². The third-order valence-electron chi connectivity index (χ3n) is 3.86. The lowest BCUT2D eigenvalue weighted by Gasteiger charge is -2.06. The molecule has 0 unspecified atom stereocenters. The maximum atomic E-state index is 12.3. The number of hydrogen-bond acceptors (Lipinski definition) is 9. The van der Waals surface area contributed by atoms with Gasteiger partial charge >= 0.3 is 11.9 Å². The lowest BCUT2D eigenvalue weighted by atomic mass is 10.1. The van der Waals surface area contributed by atoms with E-state index in [0.717, 1.165) is 22.7 Å². The van der Waals surface area contributed by atoms with Gasteiger partial charge in [-0.25, -0.2) is 14.8 Å². The molecule has 0 fully saturated rings. The summed E-state index contributed by atoms with van der Waals surface area (Å²) in [7, 11) is 0. The van der Waals surface area contributed by atoms with E-state index in [2.05, 4.69) is 15.0 Å². The highest BCUT2D eigenvalue weighted by molar-refractivity contribution is 7.99. The highest BCUT2D eigenvalue weighted by atomic mass is 32.2. The van der Waals surface area contributed by atoms with Crippen molar-refractivity contribution in [2.75, 3.05) is 24.7 Å². The largest absolute Gasteiger partial charge is 0.462 e. The van der Waals surface area contributed by atoms with Crippen LogP contribution in [-0.2, 0) is 14.3 Å². The van der Waals surface area contributed by atoms with Crippen molar-refractivity contribution in [3.8, 4) is 0 Å². The summed E-state index contributed by atoms with van der Waals surface area (Å²) in [6, 6.07) is 7.36. The predicted molar refractivity (Wildman–Crippen MR) is 107 cm³/mol.